The van der Waals surface area contributed by atoms with Crippen LogP contribution in [0.15, 0.2) is 6.20 Å². The molecule has 1 aliphatic rings. The summed E-state index contributed by atoms with van der Waals surface area (Å²) in [7, 11) is 1.90. The topological polar surface area (TPSA) is 85.4 Å². The molecule has 1 aromatic heterocycles. The highest BCUT2D eigenvalue weighted by atomic mass is 16.6. The normalized spacial score (nSPS) is 19.1. The number of nitrogens with one attached hydrogen (secondary N) is 1. The highest BCUT2D eigenvalue weighted by Crippen LogP contribution is 2.27. The van der Waals surface area contributed by atoms with Gasteiger partial charge in [0.2, 0.25) is 0 Å². The number of aryl methyl sites for hydroxylation is 1. The summed E-state index contributed by atoms with van der Waals surface area (Å²) in [5.41, 5.74) is 6.23. The maximum absolute atomic E-state index is 11.7. The number of rotatable bonds is 3. The lowest BCUT2D eigenvalue weighted by Gasteiger charge is -2.34. The molecular formula is C15H27N5O2. The van der Waals surface area contributed by atoms with E-state index in [-0.39, 0.29) is 6.09 Å². The first kappa shape index (κ1) is 16.5. The first-order valence-electron chi connectivity index (χ1n) is 7.75. The fraction of sp³-hybridized carbons (Fsp3) is 0.733. The molecule has 1 aromatic rings. The van der Waals surface area contributed by atoms with Crippen molar-refractivity contribution in [3.63, 3.8) is 0 Å². The van der Waals surface area contributed by atoms with Crippen molar-refractivity contribution in [1.29, 1.82) is 0 Å². The van der Waals surface area contributed by atoms with Crippen LogP contribution in [0, 0.1) is 5.92 Å². The number of aromatic nitrogens is 2. The van der Waals surface area contributed by atoms with Crippen LogP contribution in [-0.2, 0) is 11.8 Å². The summed E-state index contributed by atoms with van der Waals surface area (Å²) in [4.78, 5) is 14.0. The van der Waals surface area contributed by atoms with Crippen LogP contribution in [0.5, 0.6) is 0 Å². The summed E-state index contributed by atoms with van der Waals surface area (Å²) in [6, 6.07) is 0. The van der Waals surface area contributed by atoms with E-state index in [2.05, 4.69) is 15.3 Å². The van der Waals surface area contributed by atoms with Crippen molar-refractivity contribution >= 4 is 17.6 Å². The van der Waals surface area contributed by atoms with Crippen molar-refractivity contribution < 1.29 is 9.53 Å². The molecule has 1 atom stereocenters. The van der Waals surface area contributed by atoms with Crippen molar-refractivity contribution in [3.05, 3.63) is 6.20 Å². The summed E-state index contributed by atoms with van der Waals surface area (Å²) in [5, 5.41) is 7.05. The molecule has 2 heterocycles. The van der Waals surface area contributed by atoms with Crippen LogP contribution in [0.2, 0.25) is 0 Å². The summed E-state index contributed by atoms with van der Waals surface area (Å²) in [5.74, 6) is 1.34. The molecule has 0 spiro atoms. The van der Waals surface area contributed by atoms with Crippen molar-refractivity contribution in [2.45, 2.75) is 39.2 Å². The highest BCUT2D eigenvalue weighted by molar-refractivity contribution is 5.67. The van der Waals surface area contributed by atoms with Crippen LogP contribution in [0.3, 0.4) is 0 Å². The Morgan fingerprint density at radius 2 is 2.27 bits per heavy atom. The second-order valence-corrected chi connectivity index (χ2v) is 6.88. The van der Waals surface area contributed by atoms with Crippen molar-refractivity contribution in [2.24, 2.45) is 13.0 Å². The van der Waals surface area contributed by atoms with Gasteiger partial charge in [-0.05, 0) is 39.5 Å². The zero-order valence-electron chi connectivity index (χ0n) is 13.9. The van der Waals surface area contributed by atoms with E-state index in [1.54, 1.807) is 10.9 Å². The zero-order chi connectivity index (χ0) is 16.3. The van der Waals surface area contributed by atoms with Crippen molar-refractivity contribution in [1.82, 2.24) is 15.1 Å². The molecule has 1 aliphatic heterocycles. The van der Waals surface area contributed by atoms with Crippen molar-refractivity contribution in [3.8, 4) is 0 Å². The third-order valence-electron chi connectivity index (χ3n) is 3.69. The molecule has 3 N–H and O–H groups in total. The summed E-state index contributed by atoms with van der Waals surface area (Å²) < 4.78 is 7.07. The van der Waals surface area contributed by atoms with Gasteiger partial charge in [-0.1, -0.05) is 0 Å². The average molecular weight is 309 g/mol. The van der Waals surface area contributed by atoms with E-state index in [1.165, 1.54) is 0 Å². The second kappa shape index (κ2) is 6.46. The van der Waals surface area contributed by atoms with E-state index in [0.717, 1.165) is 31.7 Å². The number of nitrogen functional groups attached to an aromatic ring is 1. The Hall–Kier alpha value is -1.92. The molecular weight excluding hydrogens is 282 g/mol. The average Bonchev–Trinajstić information content (AvgIpc) is 2.74. The highest BCUT2D eigenvalue weighted by Gasteiger charge is 2.24. The predicted octanol–water partition coefficient (Wildman–Crippen LogP) is 1.74. The largest absolute Gasteiger partial charge is 0.444 e. The molecule has 1 saturated heterocycles. The van der Waals surface area contributed by atoms with Gasteiger partial charge in [-0.3, -0.25) is 4.68 Å². The number of nitrogens with zero attached hydrogens (tertiary/aromatic N) is 3. The summed E-state index contributed by atoms with van der Waals surface area (Å²) in [6.45, 7) is 8.02. The first-order chi connectivity index (χ1) is 10.3. The molecule has 1 amide bonds. The fourth-order valence-electron chi connectivity index (χ4n) is 2.80. The minimum atomic E-state index is -0.466. The Morgan fingerprint density at radius 1 is 1.55 bits per heavy atom. The van der Waals surface area contributed by atoms with Gasteiger partial charge in [-0.25, -0.2) is 4.79 Å². The van der Waals surface area contributed by atoms with Gasteiger partial charge in [0.1, 0.15) is 11.4 Å². The van der Waals surface area contributed by atoms with Gasteiger partial charge in [-0.15, -0.1) is 0 Å². The van der Waals surface area contributed by atoms with E-state index in [4.69, 9.17) is 10.5 Å². The van der Waals surface area contributed by atoms with Crippen LogP contribution in [0.25, 0.3) is 0 Å². The van der Waals surface area contributed by atoms with Gasteiger partial charge in [0.25, 0.3) is 0 Å². The van der Waals surface area contributed by atoms with Crippen LogP contribution >= 0.6 is 0 Å². The van der Waals surface area contributed by atoms with E-state index in [9.17, 15) is 4.79 Å². The number of carbonyl (C=O) groups is 1. The van der Waals surface area contributed by atoms with Crippen LogP contribution in [0.1, 0.15) is 33.6 Å². The van der Waals surface area contributed by atoms with Crippen molar-refractivity contribution in [2.75, 3.05) is 30.3 Å². The lowest BCUT2D eigenvalue weighted by atomic mass is 9.98. The maximum Gasteiger partial charge on any atom is 0.407 e. The van der Waals surface area contributed by atoms with Gasteiger partial charge in [0, 0.05) is 26.7 Å². The number of anilines is 2. The monoisotopic (exact) mass is 309 g/mol. The molecule has 7 nitrogen and oxygen atoms in total. The lowest BCUT2D eigenvalue weighted by molar-refractivity contribution is 0.0517. The predicted molar refractivity (Wildman–Crippen MR) is 86.8 cm³/mol. The fourth-order valence-corrected chi connectivity index (χ4v) is 2.80. The number of hydrogen-bond acceptors (Lipinski definition) is 5. The Labute approximate surface area is 131 Å². The number of nitrogens with two attached hydrogens (primary N) is 1. The van der Waals surface area contributed by atoms with E-state index >= 15 is 0 Å². The van der Waals surface area contributed by atoms with E-state index in [1.807, 2.05) is 27.8 Å². The Kier molecular flexibility index (Phi) is 4.83. The van der Waals surface area contributed by atoms with E-state index in [0.29, 0.717) is 18.2 Å². The Morgan fingerprint density at radius 3 is 2.86 bits per heavy atom. The molecule has 1 fully saturated rings. The molecule has 0 bridgehead atoms. The molecule has 0 radical (unpaired) electrons. The minimum absolute atomic E-state index is 0.357. The van der Waals surface area contributed by atoms with Gasteiger partial charge in [0.05, 0.1) is 11.9 Å². The summed E-state index contributed by atoms with van der Waals surface area (Å²) in [6.07, 6.45) is 3.48. The number of amides is 1. The lowest BCUT2D eigenvalue weighted by Crippen LogP contribution is -2.43. The van der Waals surface area contributed by atoms with Crippen LogP contribution in [0.4, 0.5) is 16.3 Å². The number of piperidine rings is 1. The van der Waals surface area contributed by atoms with Gasteiger partial charge >= 0.3 is 6.09 Å². The Balaban J connectivity index is 1.88. The Bertz CT molecular complexity index is 501. The van der Waals surface area contributed by atoms with Crippen LogP contribution < -0.4 is 16.0 Å². The third kappa shape index (κ3) is 4.29. The summed E-state index contributed by atoms with van der Waals surface area (Å²) >= 11 is 0. The maximum atomic E-state index is 11.7. The zero-order valence-corrected chi connectivity index (χ0v) is 13.9. The van der Waals surface area contributed by atoms with Gasteiger partial charge < -0.3 is 20.7 Å². The number of ether oxygens (including phenoxy) is 1. The van der Waals surface area contributed by atoms with E-state index < -0.39 is 5.60 Å². The number of carbonyl (C=O) groups excluding carboxylic acids is 1. The molecule has 7 heteroatoms. The molecule has 2 rings (SSSR count). The molecule has 0 unspecified atom stereocenters. The van der Waals surface area contributed by atoms with Crippen LogP contribution in [-0.4, -0.2) is 41.1 Å². The molecule has 0 saturated carbocycles. The molecule has 22 heavy (non-hydrogen) atoms. The van der Waals surface area contributed by atoms with Gasteiger partial charge in [0.15, 0.2) is 0 Å². The smallest absolute Gasteiger partial charge is 0.407 e. The number of alkyl carbamates (subject to hydrolysis) is 1. The molecule has 0 aromatic carbocycles. The molecule has 0 aliphatic carbocycles. The minimum Gasteiger partial charge on any atom is -0.444 e. The molecule has 124 valence electrons. The third-order valence-corrected chi connectivity index (χ3v) is 3.69. The van der Waals surface area contributed by atoms with Gasteiger partial charge in [-0.2, -0.15) is 5.10 Å². The number of hydrogen-bond donors (Lipinski definition) is 2. The standard InChI is InChI=1S/C15H27N5O2/c1-15(2,3)22-14(21)17-8-11-6-5-7-20(10-11)13-12(16)9-18-19(13)4/h9,11H,5-8,10,16H2,1-4H3,(H,17,21)/t11-/m1/s1. The second-order valence-electron chi connectivity index (χ2n) is 6.88. The SMILES string of the molecule is Cn1ncc(N)c1N1CCC[C@H](CNC(=O)OC(C)(C)C)C1. The quantitative estimate of drug-likeness (QED) is 0.888. The first-order valence-corrected chi connectivity index (χ1v) is 7.75.